The van der Waals surface area contributed by atoms with E-state index in [4.69, 9.17) is 14.2 Å². The van der Waals surface area contributed by atoms with E-state index in [0.29, 0.717) is 0 Å². The molecular weight excluding hydrogens is 268 g/mol. The van der Waals surface area contributed by atoms with E-state index >= 15 is 0 Å². The Bertz CT molecular complexity index is 525. The lowest BCUT2D eigenvalue weighted by molar-refractivity contribution is -0.268. The molecule has 5 rings (SSSR count). The molecule has 21 heavy (non-hydrogen) atoms. The lowest BCUT2D eigenvalue weighted by atomic mass is 9.62. The van der Waals surface area contributed by atoms with E-state index in [-0.39, 0.29) is 28.6 Å². The highest BCUT2D eigenvalue weighted by molar-refractivity contribution is 5.37. The van der Waals surface area contributed by atoms with Crippen molar-refractivity contribution in [3.8, 4) is 0 Å². The summed E-state index contributed by atoms with van der Waals surface area (Å²) in [6.07, 6.45) is 10.0. The van der Waals surface area contributed by atoms with Crippen LogP contribution < -0.4 is 0 Å². The number of hydrogen-bond donors (Lipinski definition) is 1. The molecular formula is C17H24O4. The van der Waals surface area contributed by atoms with Crippen LogP contribution in [0.25, 0.3) is 0 Å². The van der Waals surface area contributed by atoms with Crippen molar-refractivity contribution in [2.24, 2.45) is 11.3 Å². The summed E-state index contributed by atoms with van der Waals surface area (Å²) in [6.45, 7) is 4.56. The first kappa shape index (κ1) is 12.9. The molecule has 2 saturated carbocycles. The third-order valence-corrected chi connectivity index (χ3v) is 7.25. The molecule has 116 valence electrons. The van der Waals surface area contributed by atoms with E-state index in [1.54, 1.807) is 12.3 Å². The number of epoxide rings is 1. The highest BCUT2D eigenvalue weighted by Crippen LogP contribution is 2.76. The normalized spacial score (nSPS) is 59.3. The third-order valence-electron chi connectivity index (χ3n) is 7.25. The van der Waals surface area contributed by atoms with Crippen LogP contribution in [0.2, 0.25) is 0 Å². The summed E-state index contributed by atoms with van der Waals surface area (Å²) in [5, 5.41) is 11.0. The molecule has 0 amide bonds. The molecule has 0 aromatic heterocycles. The van der Waals surface area contributed by atoms with Gasteiger partial charge < -0.3 is 19.3 Å². The van der Waals surface area contributed by atoms with Crippen LogP contribution in [0.15, 0.2) is 12.3 Å². The number of aliphatic hydroxyl groups is 1. The van der Waals surface area contributed by atoms with Crippen molar-refractivity contribution in [1.29, 1.82) is 0 Å². The van der Waals surface area contributed by atoms with Gasteiger partial charge in [0.1, 0.15) is 11.2 Å². The molecule has 4 heteroatoms. The fourth-order valence-corrected chi connectivity index (χ4v) is 6.20. The van der Waals surface area contributed by atoms with Gasteiger partial charge in [-0.2, -0.15) is 0 Å². The highest BCUT2D eigenvalue weighted by atomic mass is 16.7. The Morgan fingerprint density at radius 2 is 1.90 bits per heavy atom. The maximum Gasteiger partial charge on any atom is 0.232 e. The van der Waals surface area contributed by atoms with Gasteiger partial charge >= 0.3 is 0 Å². The van der Waals surface area contributed by atoms with Crippen LogP contribution in [-0.4, -0.2) is 34.3 Å². The zero-order chi connectivity index (χ0) is 14.5. The van der Waals surface area contributed by atoms with Crippen LogP contribution in [0.4, 0.5) is 0 Å². The monoisotopic (exact) mass is 292 g/mol. The molecule has 3 heterocycles. The number of ether oxygens (including phenoxy) is 3. The van der Waals surface area contributed by atoms with Crippen LogP contribution in [0.5, 0.6) is 0 Å². The molecule has 0 spiro atoms. The topological polar surface area (TPSA) is 51.2 Å². The van der Waals surface area contributed by atoms with Crippen molar-refractivity contribution in [3.63, 3.8) is 0 Å². The van der Waals surface area contributed by atoms with E-state index in [9.17, 15) is 5.11 Å². The van der Waals surface area contributed by atoms with E-state index in [0.717, 1.165) is 6.42 Å². The van der Waals surface area contributed by atoms with Crippen LogP contribution in [-0.2, 0) is 14.2 Å². The Balaban J connectivity index is 1.59. The Kier molecular flexibility index (Phi) is 2.15. The van der Waals surface area contributed by atoms with Crippen LogP contribution in [0.3, 0.4) is 0 Å². The fraction of sp³-hybridized carbons (Fsp3) is 0.882. The third kappa shape index (κ3) is 1.19. The van der Waals surface area contributed by atoms with Gasteiger partial charge in [-0.1, -0.05) is 26.2 Å². The smallest absolute Gasteiger partial charge is 0.232 e. The number of hydrogen-bond acceptors (Lipinski definition) is 4. The zero-order valence-electron chi connectivity index (χ0n) is 12.8. The van der Waals surface area contributed by atoms with Crippen molar-refractivity contribution in [2.45, 2.75) is 81.6 Å². The second-order valence-electron chi connectivity index (χ2n) is 8.14. The fourth-order valence-electron chi connectivity index (χ4n) is 6.20. The molecule has 0 radical (unpaired) electrons. The largest absolute Gasteiger partial charge is 0.469 e. The van der Waals surface area contributed by atoms with Gasteiger partial charge in [-0.25, -0.2) is 0 Å². The lowest BCUT2D eigenvalue weighted by Gasteiger charge is -2.44. The number of rotatable bonds is 1. The van der Waals surface area contributed by atoms with E-state index in [2.05, 4.69) is 13.8 Å². The Hall–Kier alpha value is -0.580. The van der Waals surface area contributed by atoms with Crippen molar-refractivity contribution in [1.82, 2.24) is 0 Å². The summed E-state index contributed by atoms with van der Waals surface area (Å²) in [6, 6.07) is 0. The zero-order valence-corrected chi connectivity index (χ0v) is 12.8. The van der Waals surface area contributed by atoms with Gasteiger partial charge in [0.15, 0.2) is 5.60 Å². The first-order valence-electron chi connectivity index (χ1n) is 8.37. The molecule has 0 unspecified atom stereocenters. The average Bonchev–Trinajstić information content (AvgIpc) is 2.83. The van der Waals surface area contributed by atoms with Crippen LogP contribution in [0, 0.1) is 11.3 Å². The summed E-state index contributed by atoms with van der Waals surface area (Å²) >= 11 is 0. The highest BCUT2D eigenvalue weighted by Gasteiger charge is 2.88. The van der Waals surface area contributed by atoms with E-state index in [1.807, 2.05) is 0 Å². The predicted octanol–water partition coefficient (Wildman–Crippen LogP) is 2.50. The molecule has 1 N–H and O–H groups in total. The second kappa shape index (κ2) is 3.50. The minimum absolute atomic E-state index is 0.0563. The summed E-state index contributed by atoms with van der Waals surface area (Å²) in [5.41, 5.74) is -1.35. The van der Waals surface area contributed by atoms with Crippen molar-refractivity contribution in [3.05, 3.63) is 12.3 Å². The van der Waals surface area contributed by atoms with Gasteiger partial charge in [-0.05, 0) is 32.3 Å². The minimum atomic E-state index is -1.02. The maximum atomic E-state index is 11.0. The molecule has 4 nitrogen and oxygen atoms in total. The number of fused-ring (bicyclic) bond motifs is 7. The molecule has 0 aromatic rings. The molecule has 4 fully saturated rings. The molecule has 0 aromatic carbocycles. The average molecular weight is 292 g/mol. The second-order valence-corrected chi connectivity index (χ2v) is 8.14. The summed E-state index contributed by atoms with van der Waals surface area (Å²) in [4.78, 5) is 0. The van der Waals surface area contributed by atoms with Crippen molar-refractivity contribution in [2.75, 3.05) is 0 Å². The first-order valence-corrected chi connectivity index (χ1v) is 8.37. The van der Waals surface area contributed by atoms with Crippen molar-refractivity contribution >= 4 is 0 Å². The van der Waals surface area contributed by atoms with Gasteiger partial charge in [-0.15, -0.1) is 0 Å². The van der Waals surface area contributed by atoms with Gasteiger partial charge in [0.05, 0.1) is 12.4 Å². The van der Waals surface area contributed by atoms with Gasteiger partial charge in [-0.3, -0.25) is 0 Å². The summed E-state index contributed by atoms with van der Waals surface area (Å²) in [5.74, 6) is 0.0752. The minimum Gasteiger partial charge on any atom is -0.469 e. The SMILES string of the molecule is CC1([C@@]23O[C@@]2(C)[C@H]2C[C@@H]3O[C@@H]3OC=C[C@@]32O)CCCCC1. The van der Waals surface area contributed by atoms with Crippen molar-refractivity contribution < 1.29 is 19.3 Å². The molecule has 5 aliphatic rings. The summed E-state index contributed by atoms with van der Waals surface area (Å²) < 4.78 is 18.1. The quantitative estimate of drug-likeness (QED) is 0.755. The molecule has 2 bridgehead atoms. The van der Waals surface area contributed by atoms with E-state index < -0.39 is 11.9 Å². The first-order chi connectivity index (χ1) is 9.96. The standard InChI is InChI=1S/C17H24O4/c1-14(6-4-3-5-7-14)17-12-10-11(15(17,2)21-17)16(18)8-9-19-13(16)20-12/h8-9,11-13,18H,3-7,10H2,1-2H3/t11-,12+,13+,15+,16+,17-/m1/s1. The summed E-state index contributed by atoms with van der Waals surface area (Å²) in [7, 11) is 0. The predicted molar refractivity (Wildman–Crippen MR) is 75.4 cm³/mol. The molecule has 3 aliphatic heterocycles. The molecule has 2 aliphatic carbocycles. The van der Waals surface area contributed by atoms with Crippen LogP contribution >= 0.6 is 0 Å². The van der Waals surface area contributed by atoms with E-state index in [1.165, 1.54) is 32.1 Å². The lowest BCUT2D eigenvalue weighted by Crippen LogP contribution is -2.54. The maximum absolute atomic E-state index is 11.0. The van der Waals surface area contributed by atoms with Gasteiger partial charge in [0.25, 0.3) is 0 Å². The van der Waals surface area contributed by atoms with Gasteiger partial charge in [0.2, 0.25) is 6.29 Å². The Labute approximate surface area is 125 Å². The molecule has 2 saturated heterocycles. The van der Waals surface area contributed by atoms with Crippen LogP contribution in [0.1, 0.15) is 52.4 Å². The Morgan fingerprint density at radius 1 is 1.14 bits per heavy atom. The van der Waals surface area contributed by atoms with Gasteiger partial charge in [0, 0.05) is 11.3 Å². The molecule has 6 atom stereocenters. The Morgan fingerprint density at radius 3 is 2.67 bits per heavy atom.